The highest BCUT2D eigenvalue weighted by molar-refractivity contribution is 5.73. The molecule has 0 aromatic rings. The van der Waals surface area contributed by atoms with Crippen LogP contribution in [-0.2, 0) is 9.53 Å². The van der Waals surface area contributed by atoms with E-state index in [-0.39, 0.29) is 17.5 Å². The monoisotopic (exact) mass is 211 g/mol. The maximum atomic E-state index is 11.8. The lowest BCUT2D eigenvalue weighted by Crippen LogP contribution is -2.44. The smallest absolute Gasteiger partial charge is 0.309 e. The Bertz CT molecular complexity index is 269. The molecule has 2 saturated carbocycles. The van der Waals surface area contributed by atoms with Crippen molar-refractivity contribution < 1.29 is 9.53 Å². The van der Waals surface area contributed by atoms with E-state index in [1.54, 1.807) is 0 Å². The van der Waals surface area contributed by atoms with Gasteiger partial charge in [0.15, 0.2) is 0 Å². The van der Waals surface area contributed by atoms with Crippen molar-refractivity contribution in [2.45, 2.75) is 51.7 Å². The first-order valence-corrected chi connectivity index (χ1v) is 5.85. The molecule has 0 bridgehead atoms. The summed E-state index contributed by atoms with van der Waals surface area (Å²) < 4.78 is 5.40. The van der Waals surface area contributed by atoms with Crippen molar-refractivity contribution >= 4 is 5.97 Å². The van der Waals surface area contributed by atoms with Crippen LogP contribution >= 0.6 is 0 Å². The summed E-state index contributed by atoms with van der Waals surface area (Å²) in [7, 11) is 0. The molecule has 0 heterocycles. The molecule has 2 N–H and O–H groups in total. The molecule has 86 valence electrons. The number of carbonyl (C=O) groups excluding carboxylic acids is 1. The summed E-state index contributed by atoms with van der Waals surface area (Å²) in [5.41, 5.74) is 5.54. The van der Waals surface area contributed by atoms with Gasteiger partial charge in [-0.05, 0) is 51.9 Å². The minimum Gasteiger partial charge on any atom is -0.460 e. The highest BCUT2D eigenvalue weighted by Crippen LogP contribution is 2.49. The Balaban J connectivity index is 1.88. The van der Waals surface area contributed by atoms with Gasteiger partial charge in [0.25, 0.3) is 0 Å². The molecule has 0 aromatic heterocycles. The van der Waals surface area contributed by atoms with Crippen molar-refractivity contribution in [2.24, 2.45) is 23.5 Å². The standard InChI is InChI=1S/C12H21NO2/c1-12(2,3)15-11(14)8-4-7-6-10(13)9(7)5-8/h7-10H,4-6,13H2,1-3H3/t7-,8+,9-,10-/m0/s1. The summed E-state index contributed by atoms with van der Waals surface area (Å²) in [6.45, 7) is 5.75. The molecule has 2 rings (SSSR count). The fraction of sp³-hybridized carbons (Fsp3) is 0.917. The topological polar surface area (TPSA) is 52.3 Å². The van der Waals surface area contributed by atoms with Crippen molar-refractivity contribution in [1.29, 1.82) is 0 Å². The average molecular weight is 211 g/mol. The van der Waals surface area contributed by atoms with Crippen molar-refractivity contribution in [2.75, 3.05) is 0 Å². The fourth-order valence-corrected chi connectivity index (χ4v) is 2.86. The summed E-state index contributed by atoms with van der Waals surface area (Å²) in [5, 5.41) is 0. The highest BCUT2D eigenvalue weighted by Gasteiger charge is 2.48. The Morgan fingerprint density at radius 2 is 1.93 bits per heavy atom. The number of nitrogens with two attached hydrogens (primary N) is 1. The van der Waals surface area contributed by atoms with E-state index in [9.17, 15) is 4.79 Å². The van der Waals surface area contributed by atoms with Gasteiger partial charge in [0.1, 0.15) is 5.60 Å². The van der Waals surface area contributed by atoms with Gasteiger partial charge in [0.2, 0.25) is 0 Å². The third-order valence-electron chi connectivity index (χ3n) is 3.61. The summed E-state index contributed by atoms with van der Waals surface area (Å²) in [4.78, 5) is 11.8. The minimum atomic E-state index is -0.360. The molecule has 3 heteroatoms. The Kier molecular flexibility index (Phi) is 2.53. The molecule has 0 aromatic carbocycles. The van der Waals surface area contributed by atoms with E-state index in [1.807, 2.05) is 20.8 Å². The van der Waals surface area contributed by atoms with E-state index in [4.69, 9.17) is 10.5 Å². The normalized spacial score (nSPS) is 39.5. The summed E-state index contributed by atoms with van der Waals surface area (Å²) in [6, 6.07) is 0.336. The molecule has 0 unspecified atom stereocenters. The quantitative estimate of drug-likeness (QED) is 0.672. The van der Waals surface area contributed by atoms with Crippen LogP contribution in [0.3, 0.4) is 0 Å². The molecule has 2 aliphatic rings. The molecule has 0 aliphatic heterocycles. The van der Waals surface area contributed by atoms with Crippen LogP contribution in [0.1, 0.15) is 40.0 Å². The van der Waals surface area contributed by atoms with Gasteiger partial charge < -0.3 is 10.5 Å². The zero-order chi connectivity index (χ0) is 11.2. The summed E-state index contributed by atoms with van der Waals surface area (Å²) in [5.74, 6) is 1.36. The van der Waals surface area contributed by atoms with E-state index in [1.165, 1.54) is 0 Å². The Morgan fingerprint density at radius 1 is 1.27 bits per heavy atom. The Morgan fingerprint density at radius 3 is 2.40 bits per heavy atom. The molecule has 15 heavy (non-hydrogen) atoms. The fourth-order valence-electron chi connectivity index (χ4n) is 2.86. The van der Waals surface area contributed by atoms with Gasteiger partial charge in [-0.25, -0.2) is 0 Å². The van der Waals surface area contributed by atoms with Crippen LogP contribution in [0.4, 0.5) is 0 Å². The average Bonchev–Trinajstić information content (AvgIpc) is 2.39. The van der Waals surface area contributed by atoms with Gasteiger partial charge in [-0.3, -0.25) is 4.79 Å². The number of carbonyl (C=O) groups is 1. The second kappa shape index (κ2) is 3.48. The van der Waals surface area contributed by atoms with Crippen molar-refractivity contribution in [1.82, 2.24) is 0 Å². The maximum absolute atomic E-state index is 11.8. The first-order chi connectivity index (χ1) is 6.87. The second-order valence-corrected chi connectivity index (χ2v) is 6.03. The van der Waals surface area contributed by atoms with E-state index >= 15 is 0 Å². The zero-order valence-corrected chi connectivity index (χ0v) is 9.82. The Hall–Kier alpha value is -0.570. The predicted octanol–water partition coefficient (Wildman–Crippen LogP) is 1.70. The van der Waals surface area contributed by atoms with Crippen molar-refractivity contribution in [3.63, 3.8) is 0 Å². The first kappa shape index (κ1) is 10.9. The molecule has 2 fully saturated rings. The summed E-state index contributed by atoms with van der Waals surface area (Å²) >= 11 is 0. The van der Waals surface area contributed by atoms with Gasteiger partial charge in [-0.1, -0.05) is 0 Å². The van der Waals surface area contributed by atoms with Gasteiger partial charge in [-0.15, -0.1) is 0 Å². The van der Waals surface area contributed by atoms with Crippen LogP contribution in [0.2, 0.25) is 0 Å². The number of rotatable bonds is 1. The van der Waals surface area contributed by atoms with Crippen LogP contribution in [0, 0.1) is 17.8 Å². The molecular formula is C12H21NO2. The number of hydrogen-bond donors (Lipinski definition) is 1. The number of hydrogen-bond acceptors (Lipinski definition) is 3. The molecule has 3 nitrogen and oxygen atoms in total. The zero-order valence-electron chi connectivity index (χ0n) is 9.82. The molecular weight excluding hydrogens is 190 g/mol. The third-order valence-corrected chi connectivity index (χ3v) is 3.61. The van der Waals surface area contributed by atoms with E-state index in [2.05, 4.69) is 0 Å². The van der Waals surface area contributed by atoms with E-state index in [0.29, 0.717) is 17.9 Å². The number of esters is 1. The lowest BCUT2D eigenvalue weighted by Gasteiger charge is -2.37. The lowest BCUT2D eigenvalue weighted by molar-refractivity contribution is -0.159. The van der Waals surface area contributed by atoms with Crippen LogP contribution < -0.4 is 5.73 Å². The summed E-state index contributed by atoms with van der Waals surface area (Å²) in [6.07, 6.45) is 3.04. The van der Waals surface area contributed by atoms with Crippen LogP contribution in [0.25, 0.3) is 0 Å². The highest BCUT2D eigenvalue weighted by atomic mass is 16.6. The molecule has 0 radical (unpaired) electrons. The van der Waals surface area contributed by atoms with Gasteiger partial charge in [0, 0.05) is 6.04 Å². The minimum absolute atomic E-state index is 0.0240. The van der Waals surface area contributed by atoms with Crippen LogP contribution in [0.5, 0.6) is 0 Å². The van der Waals surface area contributed by atoms with Crippen LogP contribution in [-0.4, -0.2) is 17.6 Å². The lowest BCUT2D eigenvalue weighted by atomic mass is 9.72. The molecule has 0 saturated heterocycles. The van der Waals surface area contributed by atoms with E-state index in [0.717, 1.165) is 19.3 Å². The predicted molar refractivity (Wildman–Crippen MR) is 58.1 cm³/mol. The van der Waals surface area contributed by atoms with E-state index < -0.39 is 0 Å². The van der Waals surface area contributed by atoms with Crippen LogP contribution in [0.15, 0.2) is 0 Å². The van der Waals surface area contributed by atoms with Crippen molar-refractivity contribution in [3.8, 4) is 0 Å². The number of ether oxygens (including phenoxy) is 1. The third kappa shape index (κ3) is 2.17. The van der Waals surface area contributed by atoms with Gasteiger partial charge >= 0.3 is 5.97 Å². The van der Waals surface area contributed by atoms with Gasteiger partial charge in [-0.2, -0.15) is 0 Å². The molecule has 4 atom stereocenters. The molecule has 0 spiro atoms. The van der Waals surface area contributed by atoms with Gasteiger partial charge in [0.05, 0.1) is 5.92 Å². The largest absolute Gasteiger partial charge is 0.460 e. The molecule has 2 aliphatic carbocycles. The second-order valence-electron chi connectivity index (χ2n) is 6.03. The first-order valence-electron chi connectivity index (χ1n) is 5.85. The Labute approximate surface area is 91.4 Å². The maximum Gasteiger partial charge on any atom is 0.309 e. The number of fused-ring (bicyclic) bond motifs is 1. The SMILES string of the molecule is CC(C)(C)OC(=O)[C@@H]1C[C@H]2C[C@H](N)[C@H]2C1. The van der Waals surface area contributed by atoms with Crippen molar-refractivity contribution in [3.05, 3.63) is 0 Å². The molecule has 0 amide bonds.